The van der Waals surface area contributed by atoms with Gasteiger partial charge < -0.3 is 10.2 Å². The molecule has 112 valence electrons. The van der Waals surface area contributed by atoms with E-state index in [0.29, 0.717) is 17.1 Å². The molecule has 0 amide bonds. The number of rotatable bonds is 3. The number of likely N-dealkylation sites (N-methyl/N-ethyl adjacent to an activating group) is 1. The van der Waals surface area contributed by atoms with Gasteiger partial charge in [0.05, 0.1) is 15.6 Å². The van der Waals surface area contributed by atoms with Crippen LogP contribution in [0.2, 0.25) is 5.15 Å². The first-order chi connectivity index (χ1) is 10.1. The number of nitrogens with zero attached hydrogens (tertiary/aromatic N) is 4. The smallest absolute Gasteiger partial charge is 0.223 e. The number of thiazole rings is 1. The minimum atomic E-state index is 0.401. The minimum absolute atomic E-state index is 0.401. The summed E-state index contributed by atoms with van der Waals surface area (Å²) in [5.41, 5.74) is 0.826. The quantitative estimate of drug-likeness (QED) is 0.940. The van der Waals surface area contributed by atoms with Gasteiger partial charge in [-0.3, -0.25) is 0 Å². The molecule has 0 aliphatic carbocycles. The third-order valence-corrected chi connectivity index (χ3v) is 4.92. The van der Waals surface area contributed by atoms with E-state index < -0.39 is 0 Å². The molecular formula is C14H18ClN5S. The zero-order valence-electron chi connectivity index (χ0n) is 12.1. The zero-order chi connectivity index (χ0) is 14.8. The third-order valence-electron chi connectivity index (χ3n) is 3.54. The molecule has 0 unspecified atom stereocenters. The average Bonchev–Trinajstić information content (AvgIpc) is 2.78. The summed E-state index contributed by atoms with van der Waals surface area (Å²) in [7, 11) is 2.14. The van der Waals surface area contributed by atoms with Crippen LogP contribution in [0.25, 0.3) is 10.6 Å². The maximum atomic E-state index is 6.15. The molecule has 0 radical (unpaired) electrons. The molecule has 21 heavy (non-hydrogen) atoms. The Labute approximate surface area is 133 Å². The van der Waals surface area contributed by atoms with E-state index in [0.717, 1.165) is 35.1 Å². The molecule has 1 aliphatic heterocycles. The van der Waals surface area contributed by atoms with Crippen LogP contribution in [0.3, 0.4) is 0 Å². The molecule has 1 aliphatic rings. The molecule has 3 heterocycles. The van der Waals surface area contributed by atoms with E-state index >= 15 is 0 Å². The van der Waals surface area contributed by atoms with Crippen LogP contribution in [-0.4, -0.2) is 46.0 Å². The van der Waals surface area contributed by atoms with E-state index in [2.05, 4.69) is 32.2 Å². The molecule has 0 aromatic carbocycles. The van der Waals surface area contributed by atoms with Crippen molar-refractivity contribution in [1.29, 1.82) is 0 Å². The van der Waals surface area contributed by atoms with Crippen LogP contribution < -0.4 is 5.32 Å². The molecule has 2 aromatic heterocycles. The summed E-state index contributed by atoms with van der Waals surface area (Å²) < 4.78 is 0. The van der Waals surface area contributed by atoms with Crippen molar-refractivity contribution < 1.29 is 0 Å². The zero-order valence-corrected chi connectivity index (χ0v) is 13.7. The molecule has 5 nitrogen and oxygen atoms in total. The fourth-order valence-corrected chi connectivity index (χ4v) is 3.75. The second-order valence-corrected chi connectivity index (χ2v) is 6.93. The van der Waals surface area contributed by atoms with E-state index in [9.17, 15) is 0 Å². The molecule has 1 fully saturated rings. The molecule has 1 saturated heterocycles. The van der Waals surface area contributed by atoms with Crippen molar-refractivity contribution in [3.8, 4) is 10.6 Å². The maximum Gasteiger partial charge on any atom is 0.223 e. The molecule has 1 N–H and O–H groups in total. The second-order valence-electron chi connectivity index (χ2n) is 5.36. The van der Waals surface area contributed by atoms with E-state index in [1.165, 1.54) is 6.42 Å². The van der Waals surface area contributed by atoms with Crippen molar-refractivity contribution in [2.45, 2.75) is 25.8 Å². The van der Waals surface area contributed by atoms with Gasteiger partial charge in [-0.05, 0) is 39.4 Å². The Balaban J connectivity index is 1.78. The molecule has 0 bridgehead atoms. The van der Waals surface area contributed by atoms with E-state index in [1.54, 1.807) is 17.5 Å². The van der Waals surface area contributed by atoms with Crippen LogP contribution in [0.5, 0.6) is 0 Å². The summed E-state index contributed by atoms with van der Waals surface area (Å²) in [6.45, 7) is 4.13. The van der Waals surface area contributed by atoms with Gasteiger partial charge in [0, 0.05) is 18.8 Å². The summed E-state index contributed by atoms with van der Waals surface area (Å²) in [5, 5.41) is 4.88. The monoisotopic (exact) mass is 323 g/mol. The number of aromatic nitrogens is 3. The van der Waals surface area contributed by atoms with Crippen molar-refractivity contribution in [2.24, 2.45) is 0 Å². The van der Waals surface area contributed by atoms with Gasteiger partial charge in [-0.1, -0.05) is 11.6 Å². The van der Waals surface area contributed by atoms with E-state index in [-0.39, 0.29) is 0 Å². The highest BCUT2D eigenvalue weighted by atomic mass is 35.5. The van der Waals surface area contributed by atoms with Gasteiger partial charge in [0.1, 0.15) is 5.15 Å². The summed E-state index contributed by atoms with van der Waals surface area (Å²) in [6, 6.07) is 2.27. The summed E-state index contributed by atoms with van der Waals surface area (Å²) in [5.74, 6) is 0.662. The standard InChI is InChI=1S/C14H18ClN5S/c1-9-17-13(15)12(21-9)11-5-6-16-14(19-11)18-10-4-3-7-20(2)8-10/h5-6,10H,3-4,7-8H2,1-2H3,(H,16,18,19)/t10-/m0/s1. The fraction of sp³-hybridized carbons (Fsp3) is 0.500. The Morgan fingerprint density at radius 3 is 3.00 bits per heavy atom. The molecule has 7 heteroatoms. The van der Waals surface area contributed by atoms with Crippen LogP contribution in [-0.2, 0) is 0 Å². The van der Waals surface area contributed by atoms with E-state index in [1.807, 2.05) is 13.0 Å². The molecule has 0 saturated carbocycles. The Morgan fingerprint density at radius 2 is 2.29 bits per heavy atom. The first kappa shape index (κ1) is 14.7. The number of halogens is 1. The van der Waals surface area contributed by atoms with Crippen LogP contribution in [0.15, 0.2) is 12.3 Å². The molecule has 3 rings (SSSR count). The molecule has 1 atom stereocenters. The number of nitrogens with one attached hydrogen (secondary N) is 1. The number of anilines is 1. The highest BCUT2D eigenvalue weighted by Gasteiger charge is 2.18. The average molecular weight is 324 g/mol. The summed E-state index contributed by atoms with van der Waals surface area (Å²) in [6.07, 6.45) is 4.12. The Kier molecular flexibility index (Phi) is 4.37. The lowest BCUT2D eigenvalue weighted by atomic mass is 10.1. The molecule has 0 spiro atoms. The van der Waals surface area contributed by atoms with Gasteiger partial charge in [0.25, 0.3) is 0 Å². The van der Waals surface area contributed by atoms with Crippen LogP contribution in [0.4, 0.5) is 5.95 Å². The van der Waals surface area contributed by atoms with E-state index in [4.69, 9.17) is 11.6 Å². The largest absolute Gasteiger partial charge is 0.350 e. The first-order valence-electron chi connectivity index (χ1n) is 7.03. The van der Waals surface area contributed by atoms with Gasteiger partial charge in [-0.25, -0.2) is 15.0 Å². The molecular weight excluding hydrogens is 306 g/mol. The predicted octanol–water partition coefficient (Wildman–Crippen LogP) is 3.07. The lowest BCUT2D eigenvalue weighted by Gasteiger charge is -2.30. The molecule has 2 aromatic rings. The third kappa shape index (κ3) is 3.51. The van der Waals surface area contributed by atoms with Gasteiger partial charge >= 0.3 is 0 Å². The van der Waals surface area contributed by atoms with Crippen molar-refractivity contribution in [3.63, 3.8) is 0 Å². The maximum absolute atomic E-state index is 6.15. The number of piperidine rings is 1. The lowest BCUT2D eigenvalue weighted by molar-refractivity contribution is 0.260. The fourth-order valence-electron chi connectivity index (χ4n) is 2.58. The Hall–Kier alpha value is -1.24. The highest BCUT2D eigenvalue weighted by Crippen LogP contribution is 2.32. The number of aryl methyl sites for hydroxylation is 1. The summed E-state index contributed by atoms with van der Waals surface area (Å²) >= 11 is 7.71. The number of hydrogen-bond donors (Lipinski definition) is 1. The van der Waals surface area contributed by atoms with Crippen molar-refractivity contribution in [2.75, 3.05) is 25.5 Å². The van der Waals surface area contributed by atoms with Crippen molar-refractivity contribution in [1.82, 2.24) is 19.9 Å². The minimum Gasteiger partial charge on any atom is -0.350 e. The first-order valence-corrected chi connectivity index (χ1v) is 8.22. The Morgan fingerprint density at radius 1 is 1.43 bits per heavy atom. The predicted molar refractivity (Wildman–Crippen MR) is 87.0 cm³/mol. The normalized spacial score (nSPS) is 19.7. The number of hydrogen-bond acceptors (Lipinski definition) is 6. The summed E-state index contributed by atoms with van der Waals surface area (Å²) in [4.78, 5) is 16.4. The lowest BCUT2D eigenvalue weighted by Crippen LogP contribution is -2.40. The van der Waals surface area contributed by atoms with Crippen molar-refractivity contribution in [3.05, 3.63) is 22.4 Å². The number of likely N-dealkylation sites (tertiary alicyclic amines) is 1. The van der Waals surface area contributed by atoms with Crippen molar-refractivity contribution >= 4 is 28.9 Å². The van der Waals surface area contributed by atoms with Crippen LogP contribution in [0.1, 0.15) is 17.8 Å². The highest BCUT2D eigenvalue weighted by molar-refractivity contribution is 7.15. The topological polar surface area (TPSA) is 53.9 Å². The van der Waals surface area contributed by atoms with Gasteiger partial charge in [0.2, 0.25) is 5.95 Å². The SMILES string of the molecule is Cc1nc(Cl)c(-c2ccnc(N[C@H]3CCCN(C)C3)n2)s1. The van der Waals surface area contributed by atoms with Crippen LogP contribution in [0, 0.1) is 6.92 Å². The second kappa shape index (κ2) is 6.25. The van der Waals surface area contributed by atoms with Gasteiger partial charge in [0.15, 0.2) is 0 Å². The van der Waals surface area contributed by atoms with Gasteiger partial charge in [-0.15, -0.1) is 11.3 Å². The van der Waals surface area contributed by atoms with Gasteiger partial charge in [-0.2, -0.15) is 0 Å². The van der Waals surface area contributed by atoms with Crippen LogP contribution >= 0.6 is 22.9 Å². The Bertz CT molecular complexity index is 630.